The lowest BCUT2D eigenvalue weighted by atomic mass is 10.1. The van der Waals surface area contributed by atoms with E-state index in [4.69, 9.17) is 0 Å². The Morgan fingerprint density at radius 2 is 1.90 bits per heavy atom. The molecule has 0 bridgehead atoms. The Bertz CT molecular complexity index is 1000. The lowest BCUT2D eigenvalue weighted by molar-refractivity contribution is 0.0577. The molecule has 1 aliphatic carbocycles. The van der Waals surface area contributed by atoms with Crippen molar-refractivity contribution in [2.75, 3.05) is 18.4 Å². The predicted octanol–water partition coefficient (Wildman–Crippen LogP) is 1.79. The number of aromatic nitrogens is 4. The molecule has 9 nitrogen and oxygen atoms in total. The number of hydrogen-bond acceptors (Lipinski definition) is 7. The monoisotopic (exact) mass is 434 g/mol. The predicted molar refractivity (Wildman–Crippen MR) is 114 cm³/mol. The Morgan fingerprint density at radius 3 is 2.53 bits per heavy atom. The number of piperidine rings is 1. The van der Waals surface area contributed by atoms with Crippen LogP contribution in [0.15, 0.2) is 18.6 Å². The van der Waals surface area contributed by atoms with Crippen molar-refractivity contribution in [3.8, 4) is 11.3 Å². The highest BCUT2D eigenvalue weighted by Crippen LogP contribution is 2.32. The molecule has 0 aromatic carbocycles. The van der Waals surface area contributed by atoms with Crippen LogP contribution in [-0.4, -0.2) is 67.6 Å². The molecular formula is C20H30N6O3S. The van der Waals surface area contributed by atoms with Gasteiger partial charge >= 0.3 is 0 Å². The Morgan fingerprint density at radius 1 is 1.20 bits per heavy atom. The van der Waals surface area contributed by atoms with Gasteiger partial charge in [0.2, 0.25) is 16.0 Å². The van der Waals surface area contributed by atoms with E-state index in [1.165, 1.54) is 0 Å². The summed E-state index contributed by atoms with van der Waals surface area (Å²) in [5.74, 6) is 0.536. The molecule has 2 N–H and O–H groups in total. The molecular weight excluding hydrogens is 404 g/mol. The highest BCUT2D eigenvalue weighted by Gasteiger charge is 2.41. The highest BCUT2D eigenvalue weighted by molar-refractivity contribution is 7.90. The molecule has 0 atom stereocenters. The molecule has 1 aliphatic heterocycles. The summed E-state index contributed by atoms with van der Waals surface area (Å²) in [6, 6.07) is 0.143. The van der Waals surface area contributed by atoms with Gasteiger partial charge in [-0.05, 0) is 52.0 Å². The minimum atomic E-state index is -3.10. The second-order valence-electron chi connectivity index (χ2n) is 9.03. The van der Waals surface area contributed by atoms with Crippen molar-refractivity contribution in [2.45, 2.75) is 69.9 Å². The average Bonchev–Trinajstić information content (AvgIpc) is 3.44. The van der Waals surface area contributed by atoms with Gasteiger partial charge in [-0.3, -0.25) is 4.68 Å². The maximum atomic E-state index is 12.4. The van der Waals surface area contributed by atoms with E-state index in [0.29, 0.717) is 25.6 Å². The standard InChI is InChI=1S/C20H30N6O3S/c1-14-10-21-19(24-18(14)15-11-22-25(12-15)13-20(2,3)27)23-16-6-8-26(9-7-16)30(28,29)17-4-5-17/h10-12,16-17,27H,4-9,13H2,1-3H3,(H,21,23,24). The van der Waals surface area contributed by atoms with Crippen molar-refractivity contribution >= 4 is 16.0 Å². The maximum absolute atomic E-state index is 12.4. The van der Waals surface area contributed by atoms with E-state index >= 15 is 0 Å². The van der Waals surface area contributed by atoms with Crippen LogP contribution in [0.1, 0.15) is 45.1 Å². The molecule has 0 amide bonds. The second-order valence-corrected chi connectivity index (χ2v) is 11.2. The molecule has 3 heterocycles. The van der Waals surface area contributed by atoms with Crippen molar-refractivity contribution in [2.24, 2.45) is 0 Å². The third kappa shape index (κ3) is 4.81. The smallest absolute Gasteiger partial charge is 0.223 e. The summed E-state index contributed by atoms with van der Waals surface area (Å²) in [7, 11) is -3.10. The van der Waals surface area contributed by atoms with Crippen LogP contribution in [0.2, 0.25) is 0 Å². The van der Waals surface area contributed by atoms with E-state index in [9.17, 15) is 13.5 Å². The summed E-state index contributed by atoms with van der Waals surface area (Å²) in [6.07, 6.45) is 8.47. The maximum Gasteiger partial charge on any atom is 0.223 e. The summed E-state index contributed by atoms with van der Waals surface area (Å²) < 4.78 is 28.1. The first kappa shape index (κ1) is 21.2. The van der Waals surface area contributed by atoms with Crippen LogP contribution < -0.4 is 5.32 Å². The van der Waals surface area contributed by atoms with Crippen LogP contribution in [0.3, 0.4) is 0 Å². The zero-order chi connectivity index (χ0) is 21.5. The van der Waals surface area contributed by atoms with Crippen LogP contribution in [-0.2, 0) is 16.6 Å². The highest BCUT2D eigenvalue weighted by atomic mass is 32.2. The lowest BCUT2D eigenvalue weighted by Crippen LogP contribution is -2.43. The van der Waals surface area contributed by atoms with Gasteiger partial charge in [-0.2, -0.15) is 5.10 Å². The molecule has 0 unspecified atom stereocenters. The molecule has 1 saturated heterocycles. The normalized spacial score (nSPS) is 19.2. The van der Waals surface area contributed by atoms with Crippen LogP contribution in [0, 0.1) is 6.92 Å². The SMILES string of the molecule is Cc1cnc(NC2CCN(S(=O)(=O)C3CC3)CC2)nc1-c1cnn(CC(C)(C)O)c1. The second kappa shape index (κ2) is 7.90. The number of nitrogens with zero attached hydrogens (tertiary/aromatic N) is 5. The molecule has 2 aromatic rings. The van der Waals surface area contributed by atoms with Gasteiger partial charge in [0.15, 0.2) is 0 Å². The first-order chi connectivity index (χ1) is 14.1. The van der Waals surface area contributed by atoms with Gasteiger partial charge < -0.3 is 10.4 Å². The van der Waals surface area contributed by atoms with Crippen LogP contribution in [0.25, 0.3) is 11.3 Å². The van der Waals surface area contributed by atoms with Crippen molar-refractivity contribution in [1.29, 1.82) is 0 Å². The molecule has 10 heteroatoms. The van der Waals surface area contributed by atoms with Gasteiger partial charge in [-0.15, -0.1) is 0 Å². The van der Waals surface area contributed by atoms with Crippen LogP contribution in [0.4, 0.5) is 5.95 Å². The molecule has 0 spiro atoms. The Labute approximate surface area is 177 Å². The Balaban J connectivity index is 1.42. The fourth-order valence-electron chi connectivity index (χ4n) is 3.79. The summed E-state index contributed by atoms with van der Waals surface area (Å²) >= 11 is 0. The first-order valence-corrected chi connectivity index (χ1v) is 12.0. The zero-order valence-electron chi connectivity index (χ0n) is 17.7. The molecule has 164 valence electrons. The summed E-state index contributed by atoms with van der Waals surface area (Å²) in [4.78, 5) is 9.09. The Hall–Kier alpha value is -2.04. The van der Waals surface area contributed by atoms with E-state index in [0.717, 1.165) is 42.5 Å². The van der Waals surface area contributed by atoms with Crippen LogP contribution in [0.5, 0.6) is 0 Å². The minimum absolute atomic E-state index is 0.143. The van der Waals surface area contributed by atoms with Gasteiger partial charge in [0.05, 0.1) is 29.3 Å². The fourth-order valence-corrected chi connectivity index (χ4v) is 5.66. The quantitative estimate of drug-likeness (QED) is 0.683. The first-order valence-electron chi connectivity index (χ1n) is 10.5. The van der Waals surface area contributed by atoms with Gasteiger partial charge in [-0.25, -0.2) is 22.7 Å². The fraction of sp³-hybridized carbons (Fsp3) is 0.650. The zero-order valence-corrected chi connectivity index (χ0v) is 18.6. The van der Waals surface area contributed by atoms with E-state index in [2.05, 4.69) is 20.4 Å². The number of nitrogens with one attached hydrogen (secondary N) is 1. The van der Waals surface area contributed by atoms with Gasteiger partial charge in [-0.1, -0.05) is 0 Å². The van der Waals surface area contributed by atoms with E-state index in [-0.39, 0.29) is 11.3 Å². The van der Waals surface area contributed by atoms with Gasteiger partial charge in [0.25, 0.3) is 0 Å². The van der Waals surface area contributed by atoms with Crippen molar-refractivity contribution < 1.29 is 13.5 Å². The van der Waals surface area contributed by atoms with Crippen LogP contribution >= 0.6 is 0 Å². The number of anilines is 1. The lowest BCUT2D eigenvalue weighted by Gasteiger charge is -2.31. The number of sulfonamides is 1. The summed E-state index contributed by atoms with van der Waals surface area (Å²) in [5.41, 5.74) is 1.75. The van der Waals surface area contributed by atoms with Gasteiger partial charge in [0, 0.05) is 37.1 Å². The summed E-state index contributed by atoms with van der Waals surface area (Å²) in [5, 5.41) is 17.5. The number of rotatable bonds is 7. The molecule has 2 fully saturated rings. The molecule has 0 radical (unpaired) electrons. The molecule has 2 aliphatic rings. The average molecular weight is 435 g/mol. The van der Waals surface area contributed by atoms with E-state index < -0.39 is 15.6 Å². The number of aryl methyl sites for hydroxylation is 1. The number of hydrogen-bond donors (Lipinski definition) is 2. The third-order valence-electron chi connectivity index (χ3n) is 5.52. The Kier molecular flexibility index (Phi) is 5.58. The van der Waals surface area contributed by atoms with Crippen molar-refractivity contribution in [3.63, 3.8) is 0 Å². The topological polar surface area (TPSA) is 113 Å². The molecule has 1 saturated carbocycles. The van der Waals surface area contributed by atoms with Crippen molar-refractivity contribution in [3.05, 3.63) is 24.2 Å². The largest absolute Gasteiger partial charge is 0.389 e. The minimum Gasteiger partial charge on any atom is -0.389 e. The number of aliphatic hydroxyl groups is 1. The van der Waals surface area contributed by atoms with Crippen molar-refractivity contribution in [1.82, 2.24) is 24.1 Å². The van der Waals surface area contributed by atoms with E-state index in [1.54, 1.807) is 35.2 Å². The molecule has 30 heavy (non-hydrogen) atoms. The third-order valence-corrected chi connectivity index (χ3v) is 7.92. The van der Waals surface area contributed by atoms with Gasteiger partial charge in [0.1, 0.15) is 0 Å². The van der Waals surface area contributed by atoms with E-state index in [1.807, 2.05) is 13.1 Å². The molecule has 2 aromatic heterocycles. The molecule has 4 rings (SSSR count). The summed E-state index contributed by atoms with van der Waals surface area (Å²) in [6.45, 7) is 6.91.